The van der Waals surface area contributed by atoms with Crippen LogP contribution in [0.4, 0.5) is 17.6 Å². The van der Waals surface area contributed by atoms with E-state index in [2.05, 4.69) is 48.6 Å². The summed E-state index contributed by atoms with van der Waals surface area (Å²) in [6.45, 7) is 12.5. The van der Waals surface area contributed by atoms with Crippen molar-refractivity contribution < 1.29 is 82.5 Å². The summed E-state index contributed by atoms with van der Waals surface area (Å²) in [5.41, 5.74) is -3.82. The number of oxime groups is 2. The lowest BCUT2D eigenvalue weighted by atomic mass is 9.84. The van der Waals surface area contributed by atoms with E-state index in [1.165, 1.54) is 36.2 Å². The molecule has 6 aliphatic heterocycles. The molecule has 2 spiro atoms. The lowest BCUT2D eigenvalue weighted by molar-refractivity contribution is -0.151. The number of amides is 4. The first-order chi connectivity index (χ1) is 44.3. The molecule has 2 aromatic carbocycles. The zero-order chi connectivity index (χ0) is 67.1. The summed E-state index contributed by atoms with van der Waals surface area (Å²) in [6, 6.07) is 4.30. The van der Waals surface area contributed by atoms with E-state index in [-0.39, 0.29) is 88.5 Å². The van der Waals surface area contributed by atoms with Crippen molar-refractivity contribution in [3.8, 4) is 11.5 Å². The van der Waals surface area contributed by atoms with E-state index in [0.717, 1.165) is 43.5 Å². The predicted molar refractivity (Wildman–Crippen MR) is 332 cm³/mol. The van der Waals surface area contributed by atoms with Crippen molar-refractivity contribution in [1.29, 1.82) is 0 Å². The molecule has 6 atom stereocenters. The second kappa shape index (κ2) is 29.4. The largest absolute Gasteiger partial charge is 0.482 e. The number of carbonyl (C=O) groups is 6. The summed E-state index contributed by atoms with van der Waals surface area (Å²) < 4.78 is 85.8. The number of nitrogens with one attached hydrogen (secondary N) is 2. The molecule has 8 heterocycles. The fourth-order valence-corrected chi connectivity index (χ4v) is 12.7. The van der Waals surface area contributed by atoms with Gasteiger partial charge in [-0.25, -0.2) is 17.6 Å². The highest BCUT2D eigenvalue weighted by Crippen LogP contribution is 2.48. The molecule has 2 N–H and O–H groups in total. The van der Waals surface area contributed by atoms with Crippen LogP contribution in [0.25, 0.3) is 0 Å². The molecular weight excluding hydrogens is 1220 g/mol. The second-order valence-electron chi connectivity index (χ2n) is 25.5. The summed E-state index contributed by atoms with van der Waals surface area (Å²) in [4.78, 5) is 123. The number of esters is 2. The van der Waals surface area contributed by atoms with E-state index in [9.17, 15) is 55.9 Å². The van der Waals surface area contributed by atoms with Crippen LogP contribution in [-0.2, 0) is 46.6 Å². The van der Waals surface area contributed by atoms with E-state index >= 15 is 0 Å². The molecule has 0 unspecified atom stereocenters. The Morgan fingerprint density at radius 2 is 1.08 bits per heavy atom. The monoisotopic (exact) mass is 1300 g/mol. The van der Waals surface area contributed by atoms with Gasteiger partial charge in [0.25, 0.3) is 23.6 Å². The van der Waals surface area contributed by atoms with Crippen LogP contribution in [0.2, 0.25) is 0 Å². The SMILES string of the molecule is CC1=NO[C@@]2(CC[C@H](C)N3C[C@H]2n2cc(C(=O)NCc4ccc(F)cc4F)c(=O)c(OCOC(=O)CCCCC(C)C)c2C3=O)C1.COC1=NO[C@@]2(CC[C@H](C)N3C[C@H]2n2cc(C(=O)NCc4ccc(F)cc4F)c(=O)c(OCOC(=O)CCCCC(C)C)c2C3=O)C1.[HH].[HH]. The van der Waals surface area contributed by atoms with Crippen LogP contribution in [-0.4, -0.2) is 123 Å². The van der Waals surface area contributed by atoms with Crippen molar-refractivity contribution in [1.82, 2.24) is 29.6 Å². The number of unbranched alkanes of at least 4 members (excludes halogenated alkanes) is 2. The van der Waals surface area contributed by atoms with Crippen LogP contribution in [0, 0.1) is 35.1 Å². The van der Waals surface area contributed by atoms with Crippen LogP contribution in [0.1, 0.15) is 206 Å². The number of methoxy groups -OCH3 is 1. The number of carbonyl (C=O) groups excluding carboxylic acids is 6. The van der Waals surface area contributed by atoms with Crippen molar-refractivity contribution in [3.05, 3.63) is 126 Å². The summed E-state index contributed by atoms with van der Waals surface area (Å²) in [6.07, 6.45) is 10.8. The molecule has 4 amide bonds. The highest BCUT2D eigenvalue weighted by atomic mass is 19.1. The fraction of sp³-hybridized carbons (Fsp3) is 0.545. The Labute approximate surface area is 538 Å². The van der Waals surface area contributed by atoms with Crippen molar-refractivity contribution in [2.45, 2.75) is 187 Å². The highest BCUT2D eigenvalue weighted by molar-refractivity contribution is 6.01. The lowest BCUT2D eigenvalue weighted by Gasteiger charge is -2.42. The van der Waals surface area contributed by atoms with Gasteiger partial charge in [-0.1, -0.05) is 75.8 Å². The van der Waals surface area contributed by atoms with E-state index < -0.39 is 124 Å². The maximum absolute atomic E-state index is 14.3. The first-order valence-corrected chi connectivity index (χ1v) is 31.6. The minimum atomic E-state index is -0.969. The van der Waals surface area contributed by atoms with Crippen LogP contribution in [0.15, 0.2) is 68.7 Å². The molecule has 0 saturated carbocycles. The summed E-state index contributed by atoms with van der Waals surface area (Å²) >= 11 is 0. The van der Waals surface area contributed by atoms with E-state index in [0.29, 0.717) is 74.8 Å². The number of halogens is 4. The van der Waals surface area contributed by atoms with Crippen LogP contribution in [0.3, 0.4) is 0 Å². The van der Waals surface area contributed by atoms with Gasteiger partial charge in [-0.3, -0.25) is 38.4 Å². The molecular formula is C66H84F4N8O15. The van der Waals surface area contributed by atoms with Crippen molar-refractivity contribution in [2.24, 2.45) is 22.1 Å². The Kier molecular flexibility index (Phi) is 21.7. The quantitative estimate of drug-likeness (QED) is 0.0321. The molecule has 506 valence electrons. The van der Waals surface area contributed by atoms with E-state index in [1.807, 2.05) is 20.8 Å². The minimum Gasteiger partial charge on any atom is -0.482 e. The number of nitrogens with zero attached hydrogens (tertiary/aromatic N) is 6. The molecule has 4 bridgehead atoms. The Morgan fingerprint density at radius 1 is 0.645 bits per heavy atom. The Balaban J connectivity index is 0.000000263. The molecule has 0 radical (unpaired) electrons. The number of hydrogen-bond donors (Lipinski definition) is 2. The van der Waals surface area contributed by atoms with Gasteiger partial charge in [0.1, 0.15) is 34.4 Å². The van der Waals surface area contributed by atoms with E-state index in [1.54, 1.807) is 14.4 Å². The number of fused-ring (bicyclic) bond motifs is 10. The molecule has 93 heavy (non-hydrogen) atoms. The maximum atomic E-state index is 14.3. The average molecular weight is 1310 g/mol. The van der Waals surface area contributed by atoms with Gasteiger partial charge < -0.3 is 62.9 Å². The molecule has 0 aliphatic carbocycles. The minimum absolute atomic E-state index is 0. The van der Waals surface area contributed by atoms with Gasteiger partial charge in [0.2, 0.25) is 41.8 Å². The summed E-state index contributed by atoms with van der Waals surface area (Å²) in [5.74, 6) is -6.53. The highest BCUT2D eigenvalue weighted by Gasteiger charge is 2.56. The third-order valence-electron chi connectivity index (χ3n) is 18.0. The van der Waals surface area contributed by atoms with Gasteiger partial charge in [-0.2, -0.15) is 0 Å². The van der Waals surface area contributed by atoms with Crippen molar-refractivity contribution in [2.75, 3.05) is 33.8 Å². The smallest absolute Gasteiger partial charge is 0.308 e. The van der Waals surface area contributed by atoms with Gasteiger partial charge in [0.15, 0.2) is 22.6 Å². The van der Waals surface area contributed by atoms with Gasteiger partial charge in [0.05, 0.1) is 31.3 Å². The summed E-state index contributed by atoms with van der Waals surface area (Å²) in [7, 11) is 1.48. The molecule has 2 fully saturated rings. The normalized spacial score (nSPS) is 21.7. The fourth-order valence-electron chi connectivity index (χ4n) is 12.7. The number of aromatic nitrogens is 2. The Bertz CT molecular complexity index is 3720. The van der Waals surface area contributed by atoms with Gasteiger partial charge in [-0.05, 0) is 83.3 Å². The maximum Gasteiger partial charge on any atom is 0.308 e. The molecule has 6 aliphatic rings. The molecule has 4 aromatic rings. The predicted octanol–water partition coefficient (Wildman–Crippen LogP) is 9.81. The molecule has 23 nitrogen and oxygen atoms in total. The van der Waals surface area contributed by atoms with Crippen molar-refractivity contribution >= 4 is 47.2 Å². The number of ether oxygens (including phenoxy) is 5. The lowest BCUT2D eigenvalue weighted by Crippen LogP contribution is -2.52. The first-order valence-electron chi connectivity index (χ1n) is 31.6. The zero-order valence-corrected chi connectivity index (χ0v) is 53.5. The standard InChI is InChI=1S/C33H40F2N4O8.C33H40F2N4O7.2H2/c1-19(2)7-5-6-8-27(40)45-18-46-30-28-32(43)38-17-25(33(12-11-20(38)3)14-26(44-4)37-47-33)39(28)16-23(29(30)41)31(42)36-15-21-9-10-22(34)13-24(21)35;1-19(2)7-5-6-8-27(40)44-18-45-30-28-32(43)38-17-26(33(12-11-21(38)4)14-20(3)37-46-33)39(28)16-24(29(30)41)31(42)36-15-22-9-10-23(34)13-25(22)35;;/h9-10,13,16,19-20,25H,5-8,11-12,14-15,17-18H2,1-4H3,(H,36,42);9-10,13,16,19,21,26H,5-8,11-12,14-15,17-18H2,1-4H3,(H,36,42);2*1H/t20-,25+,33-;21-,26+,33-;;/m00../s1. The molecule has 2 saturated heterocycles. The van der Waals surface area contributed by atoms with Crippen LogP contribution >= 0.6 is 0 Å². The number of benzene rings is 2. The third kappa shape index (κ3) is 15.3. The molecule has 2 aromatic heterocycles. The number of hydrogen-bond acceptors (Lipinski definition) is 17. The molecule has 10 rings (SSSR count). The van der Waals surface area contributed by atoms with Gasteiger partial charge >= 0.3 is 11.9 Å². The summed E-state index contributed by atoms with van der Waals surface area (Å²) in [5, 5.41) is 13.3. The van der Waals surface area contributed by atoms with Crippen LogP contribution < -0.4 is 31.0 Å². The number of rotatable bonds is 22. The van der Waals surface area contributed by atoms with Gasteiger partial charge in [-0.15, -0.1) is 0 Å². The van der Waals surface area contributed by atoms with Crippen molar-refractivity contribution in [3.63, 3.8) is 0 Å². The van der Waals surface area contributed by atoms with Gasteiger partial charge in [0, 0.05) is 96.0 Å². The zero-order valence-electron chi connectivity index (χ0n) is 53.5. The topological polar surface area (TPSA) is 266 Å². The average Bonchev–Trinajstić information content (AvgIpc) is 1.70. The number of pyridine rings is 2. The Hall–Kier alpha value is -8.78. The first kappa shape index (κ1) is 68.6. The molecule has 27 heteroatoms. The second-order valence-corrected chi connectivity index (χ2v) is 25.5. The third-order valence-corrected chi connectivity index (χ3v) is 18.0. The van der Waals surface area contributed by atoms with Crippen LogP contribution in [0.5, 0.6) is 11.5 Å². The Morgan fingerprint density at radius 3 is 1.46 bits per heavy atom. The van der Waals surface area contributed by atoms with E-state index in [4.69, 9.17) is 33.4 Å².